The number of carbonyl (C=O) groups excluding carboxylic acids is 2. The van der Waals surface area contributed by atoms with Crippen molar-refractivity contribution >= 4 is 11.9 Å². The van der Waals surface area contributed by atoms with Crippen LogP contribution >= 0.6 is 0 Å². The van der Waals surface area contributed by atoms with Crippen LogP contribution in [-0.4, -0.2) is 25.2 Å². The lowest BCUT2D eigenvalue weighted by molar-refractivity contribution is -0.172. The number of ether oxygens (including phenoxy) is 2. The Morgan fingerprint density at radius 2 is 1.62 bits per heavy atom. The minimum atomic E-state index is -0.781. The van der Waals surface area contributed by atoms with Crippen molar-refractivity contribution in [3.05, 3.63) is 0 Å². The number of methoxy groups -OCH3 is 1. The van der Waals surface area contributed by atoms with E-state index in [1.807, 2.05) is 20.8 Å². The van der Waals surface area contributed by atoms with Gasteiger partial charge in [-0.25, -0.2) is 4.79 Å². The van der Waals surface area contributed by atoms with Crippen molar-refractivity contribution in [3.63, 3.8) is 0 Å². The zero-order chi connectivity index (χ0) is 12.7. The molecule has 0 aromatic rings. The van der Waals surface area contributed by atoms with Crippen LogP contribution in [0.5, 0.6) is 0 Å². The third-order valence-electron chi connectivity index (χ3n) is 2.85. The monoisotopic (exact) mass is 230 g/mol. The van der Waals surface area contributed by atoms with E-state index in [2.05, 4.69) is 4.74 Å². The van der Waals surface area contributed by atoms with Gasteiger partial charge in [0.25, 0.3) is 0 Å². The average Bonchev–Trinajstić information content (AvgIpc) is 2.32. The van der Waals surface area contributed by atoms with Crippen molar-refractivity contribution < 1.29 is 19.1 Å². The van der Waals surface area contributed by atoms with E-state index in [1.165, 1.54) is 7.11 Å². The van der Waals surface area contributed by atoms with Gasteiger partial charge in [0.05, 0.1) is 13.0 Å². The highest BCUT2D eigenvalue weighted by Gasteiger charge is 2.30. The predicted molar refractivity (Wildman–Crippen MR) is 60.8 cm³/mol. The van der Waals surface area contributed by atoms with Crippen LogP contribution in [0.15, 0.2) is 0 Å². The molecule has 3 atom stereocenters. The van der Waals surface area contributed by atoms with Crippen molar-refractivity contribution in [3.8, 4) is 0 Å². The van der Waals surface area contributed by atoms with Crippen LogP contribution in [0, 0.1) is 11.8 Å². The largest absolute Gasteiger partial charge is 0.466 e. The maximum atomic E-state index is 11.6. The second-order valence-electron chi connectivity index (χ2n) is 4.08. The van der Waals surface area contributed by atoms with Crippen molar-refractivity contribution in [2.45, 2.75) is 46.6 Å². The Balaban J connectivity index is 4.55. The van der Waals surface area contributed by atoms with Gasteiger partial charge < -0.3 is 9.47 Å². The molecular weight excluding hydrogens is 208 g/mol. The second-order valence-corrected chi connectivity index (χ2v) is 4.08. The van der Waals surface area contributed by atoms with Crippen LogP contribution in [0.2, 0.25) is 0 Å². The molecule has 0 N–H and O–H groups in total. The lowest BCUT2D eigenvalue weighted by atomic mass is 10.0. The van der Waals surface area contributed by atoms with Gasteiger partial charge in [-0.15, -0.1) is 0 Å². The zero-order valence-electron chi connectivity index (χ0n) is 10.8. The number of rotatable bonds is 6. The van der Waals surface area contributed by atoms with Gasteiger partial charge in [0.2, 0.25) is 6.10 Å². The van der Waals surface area contributed by atoms with Crippen LogP contribution in [0.25, 0.3) is 0 Å². The highest BCUT2D eigenvalue weighted by Crippen LogP contribution is 2.16. The lowest BCUT2D eigenvalue weighted by Gasteiger charge is -2.22. The van der Waals surface area contributed by atoms with Gasteiger partial charge in [-0.05, 0) is 12.8 Å². The first kappa shape index (κ1) is 14.9. The highest BCUT2D eigenvalue weighted by atomic mass is 16.6. The molecule has 0 aliphatic heterocycles. The van der Waals surface area contributed by atoms with E-state index in [0.29, 0.717) is 6.42 Å². The summed E-state index contributed by atoms with van der Waals surface area (Å²) in [4.78, 5) is 23.1. The number of hydrogen-bond donors (Lipinski definition) is 0. The van der Waals surface area contributed by atoms with Crippen molar-refractivity contribution in [1.29, 1.82) is 0 Å². The molecule has 0 radical (unpaired) electrons. The summed E-state index contributed by atoms with van der Waals surface area (Å²) in [6.07, 6.45) is 0.678. The molecule has 94 valence electrons. The van der Waals surface area contributed by atoms with E-state index in [4.69, 9.17) is 4.74 Å². The summed E-state index contributed by atoms with van der Waals surface area (Å²) in [6.45, 7) is 7.50. The van der Waals surface area contributed by atoms with Crippen molar-refractivity contribution in [2.75, 3.05) is 7.11 Å². The minimum Gasteiger partial charge on any atom is -0.466 e. The van der Waals surface area contributed by atoms with Crippen molar-refractivity contribution in [1.82, 2.24) is 0 Å². The summed E-state index contributed by atoms with van der Waals surface area (Å²) in [7, 11) is 1.30. The Morgan fingerprint density at radius 1 is 1.06 bits per heavy atom. The molecule has 0 aliphatic carbocycles. The average molecular weight is 230 g/mol. The van der Waals surface area contributed by atoms with Gasteiger partial charge in [-0.1, -0.05) is 27.7 Å². The normalized spacial score (nSPS) is 16.1. The second kappa shape index (κ2) is 7.25. The molecule has 4 nitrogen and oxygen atoms in total. The topological polar surface area (TPSA) is 52.6 Å². The first-order chi connectivity index (χ1) is 7.47. The third kappa shape index (κ3) is 4.21. The van der Waals surface area contributed by atoms with Gasteiger partial charge in [0.15, 0.2) is 0 Å². The smallest absolute Gasteiger partial charge is 0.347 e. The first-order valence-corrected chi connectivity index (χ1v) is 5.76. The quantitative estimate of drug-likeness (QED) is 0.656. The first-order valence-electron chi connectivity index (χ1n) is 5.76. The summed E-state index contributed by atoms with van der Waals surface area (Å²) in [6, 6.07) is 0. The van der Waals surface area contributed by atoms with E-state index in [-0.39, 0.29) is 17.8 Å². The molecule has 0 saturated heterocycles. The Kier molecular flexibility index (Phi) is 6.77. The van der Waals surface area contributed by atoms with Crippen LogP contribution in [0.3, 0.4) is 0 Å². The van der Waals surface area contributed by atoms with Crippen LogP contribution in [0.4, 0.5) is 0 Å². The molecule has 0 bridgehead atoms. The summed E-state index contributed by atoms with van der Waals surface area (Å²) in [5.74, 6) is -1.03. The molecule has 16 heavy (non-hydrogen) atoms. The molecule has 0 amide bonds. The van der Waals surface area contributed by atoms with Gasteiger partial charge in [-0.2, -0.15) is 0 Å². The molecule has 0 heterocycles. The molecule has 0 rings (SSSR count). The number of hydrogen-bond acceptors (Lipinski definition) is 4. The molecule has 3 unspecified atom stereocenters. The molecule has 0 saturated carbocycles. The zero-order valence-corrected chi connectivity index (χ0v) is 10.8. The maximum Gasteiger partial charge on any atom is 0.347 e. The van der Waals surface area contributed by atoms with Crippen LogP contribution in [0.1, 0.15) is 40.5 Å². The molecule has 0 fully saturated rings. The van der Waals surface area contributed by atoms with Crippen LogP contribution in [-0.2, 0) is 19.1 Å². The van der Waals surface area contributed by atoms with Gasteiger partial charge in [-0.3, -0.25) is 4.79 Å². The minimum absolute atomic E-state index is 0.0274. The standard InChI is InChI=1S/C12H22O4/c1-6-8(3)10(12(14)15-5)16-11(13)9(4)7-2/h8-10H,6-7H2,1-5H3. The van der Waals surface area contributed by atoms with E-state index in [9.17, 15) is 9.59 Å². The van der Waals surface area contributed by atoms with Gasteiger partial charge in [0, 0.05) is 5.92 Å². The fraction of sp³-hybridized carbons (Fsp3) is 0.833. The van der Waals surface area contributed by atoms with Gasteiger partial charge >= 0.3 is 11.9 Å². The molecular formula is C12H22O4. The van der Waals surface area contributed by atoms with Crippen molar-refractivity contribution in [2.24, 2.45) is 11.8 Å². The summed E-state index contributed by atoms with van der Waals surface area (Å²) < 4.78 is 9.83. The number of carbonyl (C=O) groups is 2. The fourth-order valence-electron chi connectivity index (χ4n) is 1.13. The summed E-state index contributed by atoms with van der Waals surface area (Å²) in [5.41, 5.74) is 0. The Hall–Kier alpha value is -1.06. The molecule has 0 aromatic heterocycles. The van der Waals surface area contributed by atoms with E-state index < -0.39 is 12.1 Å². The molecule has 4 heteroatoms. The Morgan fingerprint density at radius 3 is 2.00 bits per heavy atom. The third-order valence-corrected chi connectivity index (χ3v) is 2.85. The summed E-state index contributed by atoms with van der Waals surface area (Å²) in [5, 5.41) is 0. The molecule has 0 aromatic carbocycles. The molecule has 0 aliphatic rings. The Bertz CT molecular complexity index is 237. The van der Waals surface area contributed by atoms with E-state index in [0.717, 1.165) is 6.42 Å². The van der Waals surface area contributed by atoms with E-state index >= 15 is 0 Å². The highest BCUT2D eigenvalue weighted by molar-refractivity contribution is 5.80. The summed E-state index contributed by atoms with van der Waals surface area (Å²) >= 11 is 0. The maximum absolute atomic E-state index is 11.6. The lowest BCUT2D eigenvalue weighted by Crippen LogP contribution is -2.35. The van der Waals surface area contributed by atoms with Crippen LogP contribution < -0.4 is 0 Å². The van der Waals surface area contributed by atoms with E-state index in [1.54, 1.807) is 6.92 Å². The van der Waals surface area contributed by atoms with Gasteiger partial charge in [0.1, 0.15) is 0 Å². The SMILES string of the molecule is CCC(C)C(=O)OC(C(=O)OC)C(C)CC. The Labute approximate surface area is 97.3 Å². The number of esters is 2. The predicted octanol–water partition coefficient (Wildman–Crippen LogP) is 2.16. The fourth-order valence-corrected chi connectivity index (χ4v) is 1.13. The molecule has 0 spiro atoms.